The van der Waals surface area contributed by atoms with Crippen molar-refractivity contribution in [2.45, 2.75) is 70.0 Å². The van der Waals surface area contributed by atoms with E-state index in [2.05, 4.69) is 0 Å². The summed E-state index contributed by atoms with van der Waals surface area (Å²) in [4.78, 5) is 10.9. The molecule has 0 heterocycles. The van der Waals surface area contributed by atoms with Crippen LogP contribution in [0.25, 0.3) is 0 Å². The number of allylic oxidation sites excluding steroid dienone is 1. The minimum Gasteiger partial charge on any atom is -0.512 e. The zero-order valence-electron chi connectivity index (χ0n) is 13.0. The third-order valence-electron chi connectivity index (χ3n) is 5.26. The van der Waals surface area contributed by atoms with Crippen LogP contribution in [-0.4, -0.2) is 38.6 Å². The monoisotopic (exact) mass is 312 g/mol. The van der Waals surface area contributed by atoms with Gasteiger partial charge in [0, 0.05) is 18.3 Å². The van der Waals surface area contributed by atoms with E-state index < -0.39 is 30.0 Å². The second-order valence-corrected chi connectivity index (χ2v) is 6.87. The maximum absolute atomic E-state index is 10.9. The molecule has 22 heavy (non-hydrogen) atoms. The van der Waals surface area contributed by atoms with Gasteiger partial charge in [-0.2, -0.15) is 0 Å². The molecule has 2 aliphatic rings. The van der Waals surface area contributed by atoms with E-state index in [-0.39, 0.29) is 18.6 Å². The summed E-state index contributed by atoms with van der Waals surface area (Å²) in [6, 6.07) is 0. The largest absolute Gasteiger partial charge is 0.512 e. The summed E-state index contributed by atoms with van der Waals surface area (Å²) in [5.74, 6) is -1.52. The summed E-state index contributed by atoms with van der Waals surface area (Å²) >= 11 is 0. The molecule has 0 amide bonds. The van der Waals surface area contributed by atoms with Crippen molar-refractivity contribution in [3.05, 3.63) is 11.8 Å². The van der Waals surface area contributed by atoms with Crippen molar-refractivity contribution in [3.63, 3.8) is 0 Å². The third kappa shape index (κ3) is 4.46. The first-order valence-electron chi connectivity index (χ1n) is 8.46. The van der Waals surface area contributed by atoms with Gasteiger partial charge in [-0.05, 0) is 24.8 Å². The van der Waals surface area contributed by atoms with Crippen molar-refractivity contribution in [1.82, 2.24) is 0 Å². The van der Waals surface area contributed by atoms with Gasteiger partial charge in [-0.3, -0.25) is 4.79 Å². The average Bonchev–Trinajstić information content (AvgIpc) is 2.73. The third-order valence-corrected chi connectivity index (χ3v) is 5.26. The molecular weight excluding hydrogens is 284 g/mol. The van der Waals surface area contributed by atoms with Gasteiger partial charge in [0.2, 0.25) is 0 Å². The fourth-order valence-electron chi connectivity index (χ4n) is 4.05. The number of carboxylic acids is 1. The zero-order valence-corrected chi connectivity index (χ0v) is 13.0. The molecule has 0 radical (unpaired) electrons. The molecule has 0 aromatic heterocycles. The highest BCUT2D eigenvalue weighted by molar-refractivity contribution is 5.67. The minimum atomic E-state index is -1.02. The lowest BCUT2D eigenvalue weighted by Crippen LogP contribution is -2.26. The highest BCUT2D eigenvalue weighted by Gasteiger charge is 2.44. The first kappa shape index (κ1) is 17.3. The Bertz CT molecular complexity index is 400. The number of carbonyl (C=O) groups is 1. The molecular formula is C17H28O5. The van der Waals surface area contributed by atoms with Gasteiger partial charge in [0.05, 0.1) is 24.4 Å². The Kier molecular flexibility index (Phi) is 6.26. The summed E-state index contributed by atoms with van der Waals surface area (Å²) in [7, 11) is 0. The van der Waals surface area contributed by atoms with Crippen molar-refractivity contribution >= 4 is 5.97 Å². The summed E-state index contributed by atoms with van der Waals surface area (Å²) in [6.07, 6.45) is 8.04. The molecule has 126 valence electrons. The van der Waals surface area contributed by atoms with E-state index in [1.165, 1.54) is 32.1 Å². The molecule has 2 fully saturated rings. The van der Waals surface area contributed by atoms with Gasteiger partial charge in [0.1, 0.15) is 0 Å². The summed E-state index contributed by atoms with van der Waals surface area (Å²) in [5.41, 5.74) is 0. The van der Waals surface area contributed by atoms with Crippen LogP contribution in [-0.2, 0) is 4.79 Å². The maximum atomic E-state index is 10.9. The Morgan fingerprint density at radius 1 is 1.05 bits per heavy atom. The van der Waals surface area contributed by atoms with Gasteiger partial charge < -0.3 is 20.4 Å². The molecule has 0 spiro atoms. The summed E-state index contributed by atoms with van der Waals surface area (Å²) in [6.45, 7) is 0. The van der Waals surface area contributed by atoms with Gasteiger partial charge in [-0.25, -0.2) is 0 Å². The van der Waals surface area contributed by atoms with Crippen LogP contribution >= 0.6 is 0 Å². The van der Waals surface area contributed by atoms with Gasteiger partial charge in [0.15, 0.2) is 0 Å². The molecule has 4 atom stereocenters. The Morgan fingerprint density at radius 3 is 2.36 bits per heavy atom. The number of aliphatic hydroxyl groups excluding tert-OH is 3. The van der Waals surface area contributed by atoms with Gasteiger partial charge in [-0.1, -0.05) is 32.1 Å². The molecule has 0 aliphatic heterocycles. The lowest BCUT2D eigenvalue weighted by atomic mass is 9.85. The smallest absolute Gasteiger partial charge is 0.303 e. The highest BCUT2D eigenvalue weighted by Crippen LogP contribution is 2.39. The Balaban J connectivity index is 1.91. The minimum absolute atomic E-state index is 0.0473. The standard InChI is InChI=1S/C17H28O5/c18-13(8-4-7-11-5-2-1-3-6-11)17-12(9-16(21)22)14(19)10-15(17)20/h8,11-12,14-15,17-20H,1-7,9-10H2,(H,21,22)/t12-,14+,15-,17-/m0/s1. The SMILES string of the molecule is O=C(O)C[C@@H]1[C@@H](C(O)=CCCC2CCCCC2)[C@@H](O)C[C@H]1O. The Labute approximate surface area is 131 Å². The van der Waals surface area contributed by atoms with Crippen molar-refractivity contribution in [2.75, 3.05) is 0 Å². The fourth-order valence-corrected chi connectivity index (χ4v) is 4.05. The van der Waals surface area contributed by atoms with E-state index >= 15 is 0 Å². The van der Waals surface area contributed by atoms with Gasteiger partial charge in [-0.15, -0.1) is 0 Å². The van der Waals surface area contributed by atoms with Crippen LogP contribution < -0.4 is 0 Å². The van der Waals surface area contributed by atoms with Gasteiger partial charge >= 0.3 is 5.97 Å². The lowest BCUT2D eigenvalue weighted by Gasteiger charge is -2.23. The summed E-state index contributed by atoms with van der Waals surface area (Å²) < 4.78 is 0. The molecule has 0 unspecified atom stereocenters. The van der Waals surface area contributed by atoms with Crippen molar-refractivity contribution in [3.8, 4) is 0 Å². The number of hydrogen-bond donors (Lipinski definition) is 4. The average molecular weight is 312 g/mol. The molecule has 0 aromatic rings. The van der Waals surface area contributed by atoms with Crippen molar-refractivity contribution in [1.29, 1.82) is 0 Å². The molecule has 2 saturated carbocycles. The first-order chi connectivity index (χ1) is 10.5. The zero-order chi connectivity index (χ0) is 16.1. The molecule has 0 aromatic carbocycles. The van der Waals surface area contributed by atoms with Crippen LogP contribution in [0.15, 0.2) is 11.8 Å². The number of carboxylic acid groups (broad SMARTS) is 1. The number of hydrogen-bond acceptors (Lipinski definition) is 4. The Hall–Kier alpha value is -1.07. The van der Waals surface area contributed by atoms with E-state index in [9.17, 15) is 20.1 Å². The van der Waals surface area contributed by atoms with Crippen LogP contribution in [0.5, 0.6) is 0 Å². The molecule has 2 aliphatic carbocycles. The number of rotatable bonds is 6. The molecule has 0 saturated heterocycles. The van der Waals surface area contributed by atoms with E-state index in [4.69, 9.17) is 5.11 Å². The number of aliphatic hydroxyl groups is 3. The quantitative estimate of drug-likeness (QED) is 0.565. The van der Waals surface area contributed by atoms with Gasteiger partial charge in [0.25, 0.3) is 0 Å². The molecule has 5 nitrogen and oxygen atoms in total. The van der Waals surface area contributed by atoms with Crippen LogP contribution in [0.2, 0.25) is 0 Å². The predicted molar refractivity (Wildman–Crippen MR) is 82.4 cm³/mol. The second kappa shape index (κ2) is 7.97. The van der Waals surface area contributed by atoms with Crippen molar-refractivity contribution < 1.29 is 25.2 Å². The van der Waals surface area contributed by atoms with E-state index in [1.54, 1.807) is 6.08 Å². The molecule has 0 bridgehead atoms. The van der Waals surface area contributed by atoms with E-state index in [0.717, 1.165) is 12.8 Å². The van der Waals surface area contributed by atoms with Crippen LogP contribution in [0.3, 0.4) is 0 Å². The molecule has 2 rings (SSSR count). The number of aliphatic carboxylic acids is 1. The van der Waals surface area contributed by atoms with Crippen LogP contribution in [0.1, 0.15) is 57.8 Å². The Morgan fingerprint density at radius 2 is 1.73 bits per heavy atom. The highest BCUT2D eigenvalue weighted by atomic mass is 16.4. The van der Waals surface area contributed by atoms with Crippen LogP contribution in [0, 0.1) is 17.8 Å². The lowest BCUT2D eigenvalue weighted by molar-refractivity contribution is -0.139. The fraction of sp³-hybridized carbons (Fsp3) is 0.824. The topological polar surface area (TPSA) is 98.0 Å². The maximum Gasteiger partial charge on any atom is 0.303 e. The summed E-state index contributed by atoms with van der Waals surface area (Å²) in [5, 5.41) is 39.1. The molecule has 4 N–H and O–H groups in total. The molecule has 5 heteroatoms. The van der Waals surface area contributed by atoms with E-state index in [0.29, 0.717) is 5.92 Å². The predicted octanol–water partition coefficient (Wildman–Crippen LogP) is 2.62. The first-order valence-corrected chi connectivity index (χ1v) is 8.46. The second-order valence-electron chi connectivity index (χ2n) is 6.87. The van der Waals surface area contributed by atoms with Crippen molar-refractivity contribution in [2.24, 2.45) is 17.8 Å². The normalized spacial score (nSPS) is 34.0. The van der Waals surface area contributed by atoms with E-state index in [1.807, 2.05) is 0 Å². The van der Waals surface area contributed by atoms with Crippen LogP contribution in [0.4, 0.5) is 0 Å².